The third-order valence-electron chi connectivity index (χ3n) is 4.00. The van der Waals surface area contributed by atoms with Gasteiger partial charge >= 0.3 is 6.15 Å². The van der Waals surface area contributed by atoms with Gasteiger partial charge in [0, 0.05) is 12.6 Å². The Morgan fingerprint density at radius 2 is 1.84 bits per heavy atom. The highest BCUT2D eigenvalue weighted by atomic mass is 16.5. The second kappa shape index (κ2) is 18.5. The fraction of sp³-hybridized carbons (Fsp3) is 0.500. The summed E-state index contributed by atoms with van der Waals surface area (Å²) >= 11 is 0. The van der Waals surface area contributed by atoms with E-state index in [1.165, 1.54) is 0 Å². The average Bonchev–Trinajstić information content (AvgIpc) is 2.75. The molecule has 0 heterocycles. The maximum Gasteiger partial charge on any atom is 0.373 e. The van der Waals surface area contributed by atoms with Crippen molar-refractivity contribution in [1.82, 2.24) is 5.32 Å². The molecule has 0 aliphatic rings. The van der Waals surface area contributed by atoms with E-state index in [4.69, 9.17) is 31.2 Å². The van der Waals surface area contributed by atoms with E-state index in [1.807, 2.05) is 12.0 Å². The lowest BCUT2D eigenvalue weighted by atomic mass is 10.0. The number of rotatable bonds is 14. The summed E-state index contributed by atoms with van der Waals surface area (Å²) in [6.45, 7) is 3.63. The van der Waals surface area contributed by atoms with Crippen LogP contribution in [0.1, 0.15) is 31.7 Å². The van der Waals surface area contributed by atoms with Crippen LogP contribution in [-0.2, 0) is 35.1 Å². The van der Waals surface area contributed by atoms with Crippen molar-refractivity contribution >= 4 is 23.7 Å². The molecule has 0 saturated carbocycles. The largest absolute Gasteiger partial charge is 0.506 e. The van der Waals surface area contributed by atoms with Gasteiger partial charge in [0.2, 0.25) is 5.91 Å². The van der Waals surface area contributed by atoms with Crippen LogP contribution in [0, 0.1) is 12.3 Å². The summed E-state index contributed by atoms with van der Waals surface area (Å²) in [6, 6.07) is 5.17. The smallest absolute Gasteiger partial charge is 0.373 e. The van der Waals surface area contributed by atoms with Gasteiger partial charge < -0.3 is 30.9 Å². The first-order chi connectivity index (χ1) is 15.4. The van der Waals surface area contributed by atoms with E-state index in [0.717, 1.165) is 18.4 Å². The number of hydrogen-bond acceptors (Lipinski definition) is 8. The Labute approximate surface area is 187 Å². The van der Waals surface area contributed by atoms with Crippen molar-refractivity contribution in [3.05, 3.63) is 23.8 Å². The number of phenolic OH excluding ortho intramolecular Hbond substituents is 1. The summed E-state index contributed by atoms with van der Waals surface area (Å²) in [6.07, 6.45) is 7.93. The van der Waals surface area contributed by atoms with Crippen molar-refractivity contribution in [1.29, 1.82) is 0 Å². The van der Waals surface area contributed by atoms with E-state index < -0.39 is 5.91 Å². The predicted molar refractivity (Wildman–Crippen MR) is 116 cm³/mol. The first-order valence-electron chi connectivity index (χ1n) is 10.1. The maximum atomic E-state index is 12.1. The molecule has 2 amide bonds. The molecule has 1 rings (SSSR count). The molecule has 0 bridgehead atoms. The third-order valence-corrected chi connectivity index (χ3v) is 4.00. The van der Waals surface area contributed by atoms with E-state index in [0.29, 0.717) is 38.5 Å². The second-order valence-corrected chi connectivity index (χ2v) is 6.61. The molecule has 0 spiro atoms. The first-order valence-corrected chi connectivity index (χ1v) is 10.1. The molecule has 5 N–H and O–H groups in total. The fourth-order valence-electron chi connectivity index (χ4n) is 2.57. The van der Waals surface area contributed by atoms with Gasteiger partial charge in [-0.1, -0.05) is 19.4 Å². The van der Waals surface area contributed by atoms with Crippen LogP contribution in [0.3, 0.4) is 0 Å². The van der Waals surface area contributed by atoms with Crippen molar-refractivity contribution in [3.8, 4) is 18.1 Å². The first kappa shape index (κ1) is 28.8. The standard InChI is InChI=1S/C21H31N3O5.CO2/c1-3-5-17(22)14-16-6-7-19(25)18(15-16)24-21(27)8-10-28-12-13-29-11-9-23-20(26)4-2;2-1-3/h2,6-7,15,17,25H,3,5,8-14,22H2,1H3,(H,23,26)(H,24,27);/t17-;/m1./s1. The van der Waals surface area contributed by atoms with Gasteiger partial charge in [0.25, 0.3) is 5.91 Å². The molecule has 10 heteroatoms. The van der Waals surface area contributed by atoms with Crippen LogP contribution in [0.5, 0.6) is 5.75 Å². The number of nitrogens with one attached hydrogen (secondary N) is 2. The van der Waals surface area contributed by atoms with Gasteiger partial charge in [-0.25, -0.2) is 0 Å². The van der Waals surface area contributed by atoms with Gasteiger partial charge in [-0.05, 0) is 36.5 Å². The third kappa shape index (κ3) is 14.7. The van der Waals surface area contributed by atoms with Gasteiger partial charge in [0.1, 0.15) is 5.75 Å². The molecule has 0 radical (unpaired) electrons. The van der Waals surface area contributed by atoms with Crippen LogP contribution in [0.25, 0.3) is 0 Å². The van der Waals surface area contributed by atoms with Crippen LogP contribution in [0.2, 0.25) is 0 Å². The number of phenols is 1. The zero-order valence-corrected chi connectivity index (χ0v) is 18.2. The van der Waals surface area contributed by atoms with E-state index in [-0.39, 0.29) is 36.9 Å². The Kier molecular flexibility index (Phi) is 16.7. The van der Waals surface area contributed by atoms with Crippen molar-refractivity contribution in [2.75, 3.05) is 38.3 Å². The van der Waals surface area contributed by atoms with E-state index in [2.05, 4.69) is 17.6 Å². The molecule has 0 aliphatic carbocycles. The summed E-state index contributed by atoms with van der Waals surface area (Å²) in [5.41, 5.74) is 7.39. The monoisotopic (exact) mass is 449 g/mol. The van der Waals surface area contributed by atoms with Crippen LogP contribution in [0.4, 0.5) is 5.69 Å². The minimum absolute atomic E-state index is 0.0115. The van der Waals surface area contributed by atoms with Crippen molar-refractivity contribution < 1.29 is 33.8 Å². The molecule has 0 aliphatic heterocycles. The molecule has 0 fully saturated rings. The van der Waals surface area contributed by atoms with E-state index in [1.54, 1.807) is 12.1 Å². The molecule has 176 valence electrons. The Balaban J connectivity index is 0.00000302. The SMILES string of the molecule is C#CC(=O)NCCOCCOCCC(=O)Nc1cc(C[C@H](N)CCC)ccc1O.O=C=O. The molecule has 1 aromatic carbocycles. The number of anilines is 1. The highest BCUT2D eigenvalue weighted by Crippen LogP contribution is 2.25. The van der Waals surface area contributed by atoms with Crippen LogP contribution in [-0.4, -0.2) is 62.1 Å². The second-order valence-electron chi connectivity index (χ2n) is 6.61. The van der Waals surface area contributed by atoms with Crippen LogP contribution in [0.15, 0.2) is 18.2 Å². The summed E-state index contributed by atoms with van der Waals surface area (Å²) in [7, 11) is 0. The Hall–Kier alpha value is -3.22. The highest BCUT2D eigenvalue weighted by Gasteiger charge is 2.10. The highest BCUT2D eigenvalue weighted by molar-refractivity contribution is 5.93. The number of carbonyl (C=O) groups is 2. The topological polar surface area (TPSA) is 157 Å². The van der Waals surface area contributed by atoms with Gasteiger partial charge in [0.05, 0.1) is 38.5 Å². The molecule has 1 atom stereocenters. The lowest BCUT2D eigenvalue weighted by Gasteiger charge is -2.13. The average molecular weight is 450 g/mol. The molecule has 0 saturated heterocycles. The Bertz CT molecular complexity index is 771. The van der Waals surface area contributed by atoms with Gasteiger partial charge in [-0.3, -0.25) is 9.59 Å². The summed E-state index contributed by atoms with van der Waals surface area (Å²) < 4.78 is 10.6. The fourth-order valence-corrected chi connectivity index (χ4v) is 2.57. The number of hydrogen-bond donors (Lipinski definition) is 4. The summed E-state index contributed by atoms with van der Waals surface area (Å²) in [5, 5.41) is 15.1. The normalized spacial score (nSPS) is 10.7. The Morgan fingerprint density at radius 3 is 2.47 bits per heavy atom. The van der Waals surface area contributed by atoms with Gasteiger partial charge in [-0.15, -0.1) is 6.42 Å². The summed E-state index contributed by atoms with van der Waals surface area (Å²) in [4.78, 5) is 39.1. The van der Waals surface area contributed by atoms with Gasteiger partial charge in [0.15, 0.2) is 0 Å². The quantitative estimate of drug-likeness (QED) is 0.183. The van der Waals surface area contributed by atoms with Gasteiger partial charge in [-0.2, -0.15) is 9.59 Å². The molecule has 0 aromatic heterocycles. The number of benzene rings is 1. The van der Waals surface area contributed by atoms with Crippen molar-refractivity contribution in [2.45, 2.75) is 38.6 Å². The molecule has 1 aromatic rings. The zero-order valence-electron chi connectivity index (χ0n) is 18.2. The zero-order chi connectivity index (χ0) is 24.2. The number of carbonyl (C=O) groups excluding carboxylic acids is 4. The predicted octanol–water partition coefficient (Wildman–Crippen LogP) is 0.590. The number of ether oxygens (including phenoxy) is 2. The number of terminal acetylenes is 1. The summed E-state index contributed by atoms with van der Waals surface area (Å²) in [5.74, 6) is 1.22. The minimum Gasteiger partial charge on any atom is -0.506 e. The minimum atomic E-state index is -0.476. The lowest BCUT2D eigenvalue weighted by Crippen LogP contribution is -2.26. The van der Waals surface area contributed by atoms with Crippen LogP contribution >= 0.6 is 0 Å². The lowest BCUT2D eigenvalue weighted by molar-refractivity contribution is -0.191. The van der Waals surface area contributed by atoms with E-state index >= 15 is 0 Å². The molecule has 32 heavy (non-hydrogen) atoms. The number of nitrogens with two attached hydrogens (primary N) is 1. The maximum absolute atomic E-state index is 12.1. The molecule has 0 unspecified atom stereocenters. The van der Waals surface area contributed by atoms with Crippen molar-refractivity contribution in [3.63, 3.8) is 0 Å². The Morgan fingerprint density at radius 1 is 1.19 bits per heavy atom. The molecule has 10 nitrogen and oxygen atoms in total. The van der Waals surface area contributed by atoms with Crippen molar-refractivity contribution in [2.24, 2.45) is 5.73 Å². The number of amides is 2. The molecular weight excluding hydrogens is 418 g/mol. The number of aromatic hydroxyl groups is 1. The van der Waals surface area contributed by atoms with E-state index in [9.17, 15) is 14.7 Å². The molecular formula is C22H31N3O7. The van der Waals surface area contributed by atoms with Crippen LogP contribution < -0.4 is 16.4 Å².